The number of hydrogen-bond donors (Lipinski definition) is 1. The maximum Gasteiger partial charge on any atom is 0.0466 e. The molecular weight excluding hydrogens is 212 g/mol. The van der Waals surface area contributed by atoms with E-state index in [1.165, 1.54) is 0 Å². The molecule has 1 unspecified atom stereocenters. The van der Waals surface area contributed by atoms with Crippen molar-refractivity contribution in [3.63, 3.8) is 0 Å². The highest BCUT2D eigenvalue weighted by Gasteiger charge is 2.08. The molecule has 1 aromatic rings. The standard InChI is InChI=1S/C14H24N2O/c1-3-15-13(9-7-11-17-4-2)12-14-8-5-6-10-16-14/h5-6,8,10,13,15H,3-4,7,9,11-12H2,1-2H3. The van der Waals surface area contributed by atoms with E-state index in [0.29, 0.717) is 6.04 Å². The number of nitrogens with zero attached hydrogens (tertiary/aromatic N) is 1. The summed E-state index contributed by atoms with van der Waals surface area (Å²) in [5, 5.41) is 3.51. The first-order valence-corrected chi connectivity index (χ1v) is 6.57. The molecule has 0 saturated heterocycles. The summed E-state index contributed by atoms with van der Waals surface area (Å²) >= 11 is 0. The van der Waals surface area contributed by atoms with E-state index in [0.717, 1.165) is 44.7 Å². The Balaban J connectivity index is 2.32. The molecule has 0 aliphatic rings. The third kappa shape index (κ3) is 6.39. The normalized spacial score (nSPS) is 12.6. The van der Waals surface area contributed by atoms with E-state index >= 15 is 0 Å². The molecule has 17 heavy (non-hydrogen) atoms. The Kier molecular flexibility index (Phi) is 7.60. The molecule has 1 atom stereocenters. The van der Waals surface area contributed by atoms with E-state index in [-0.39, 0.29) is 0 Å². The molecular formula is C14H24N2O. The van der Waals surface area contributed by atoms with Crippen molar-refractivity contribution in [3.8, 4) is 0 Å². The minimum Gasteiger partial charge on any atom is -0.382 e. The SMILES string of the molecule is CCNC(CCCOCC)Cc1ccccn1. The number of rotatable bonds is 9. The lowest BCUT2D eigenvalue weighted by Gasteiger charge is -2.17. The van der Waals surface area contributed by atoms with Crippen molar-refractivity contribution in [1.82, 2.24) is 10.3 Å². The fraction of sp³-hybridized carbons (Fsp3) is 0.643. The Morgan fingerprint density at radius 1 is 1.35 bits per heavy atom. The van der Waals surface area contributed by atoms with Crippen molar-refractivity contribution in [2.45, 2.75) is 39.2 Å². The van der Waals surface area contributed by atoms with Crippen LogP contribution in [0, 0.1) is 0 Å². The van der Waals surface area contributed by atoms with E-state index in [4.69, 9.17) is 4.74 Å². The van der Waals surface area contributed by atoms with Crippen LogP contribution in [-0.4, -0.2) is 30.8 Å². The van der Waals surface area contributed by atoms with E-state index in [1.54, 1.807) is 0 Å². The van der Waals surface area contributed by atoms with Gasteiger partial charge in [-0.05, 0) is 38.4 Å². The van der Waals surface area contributed by atoms with Gasteiger partial charge in [0, 0.05) is 37.6 Å². The fourth-order valence-electron chi connectivity index (χ4n) is 1.91. The summed E-state index contributed by atoms with van der Waals surface area (Å²) in [6.07, 6.45) is 5.11. The van der Waals surface area contributed by atoms with E-state index < -0.39 is 0 Å². The first-order chi connectivity index (χ1) is 8.36. The van der Waals surface area contributed by atoms with E-state index in [1.807, 2.05) is 25.3 Å². The van der Waals surface area contributed by atoms with Gasteiger partial charge in [0.2, 0.25) is 0 Å². The zero-order chi connectivity index (χ0) is 12.3. The average molecular weight is 236 g/mol. The summed E-state index contributed by atoms with van der Waals surface area (Å²) in [4.78, 5) is 4.37. The quantitative estimate of drug-likeness (QED) is 0.669. The predicted octanol–water partition coefficient (Wildman–Crippen LogP) is 2.42. The average Bonchev–Trinajstić information content (AvgIpc) is 2.36. The monoisotopic (exact) mass is 236 g/mol. The van der Waals surface area contributed by atoms with Gasteiger partial charge in [0.05, 0.1) is 0 Å². The second-order valence-electron chi connectivity index (χ2n) is 4.12. The summed E-state index contributed by atoms with van der Waals surface area (Å²) in [5.74, 6) is 0. The Bertz CT molecular complexity index is 277. The second-order valence-corrected chi connectivity index (χ2v) is 4.12. The second kappa shape index (κ2) is 9.14. The fourth-order valence-corrected chi connectivity index (χ4v) is 1.91. The van der Waals surface area contributed by atoms with Crippen LogP contribution in [-0.2, 0) is 11.2 Å². The number of likely N-dealkylation sites (N-methyl/N-ethyl adjacent to an activating group) is 1. The van der Waals surface area contributed by atoms with Crippen LogP contribution in [0.3, 0.4) is 0 Å². The molecule has 0 fully saturated rings. The van der Waals surface area contributed by atoms with E-state index in [9.17, 15) is 0 Å². The molecule has 3 heteroatoms. The molecule has 0 amide bonds. The first kappa shape index (κ1) is 14.1. The van der Waals surface area contributed by atoms with Gasteiger partial charge >= 0.3 is 0 Å². The van der Waals surface area contributed by atoms with Crippen LogP contribution >= 0.6 is 0 Å². The van der Waals surface area contributed by atoms with Gasteiger partial charge in [-0.25, -0.2) is 0 Å². The number of ether oxygens (including phenoxy) is 1. The number of aromatic nitrogens is 1. The zero-order valence-corrected chi connectivity index (χ0v) is 11.0. The molecule has 0 aliphatic heterocycles. The Labute approximate surface area is 105 Å². The van der Waals surface area contributed by atoms with Crippen LogP contribution < -0.4 is 5.32 Å². The highest BCUT2D eigenvalue weighted by Crippen LogP contribution is 2.05. The highest BCUT2D eigenvalue weighted by molar-refractivity contribution is 5.05. The maximum atomic E-state index is 5.37. The number of pyridine rings is 1. The molecule has 1 rings (SSSR count). The van der Waals surface area contributed by atoms with Crippen LogP contribution in [0.1, 0.15) is 32.4 Å². The van der Waals surface area contributed by atoms with Crippen LogP contribution in [0.5, 0.6) is 0 Å². The number of nitrogens with one attached hydrogen (secondary N) is 1. The molecule has 0 saturated carbocycles. The summed E-state index contributed by atoms with van der Waals surface area (Å²) in [7, 11) is 0. The number of hydrogen-bond acceptors (Lipinski definition) is 3. The summed E-state index contributed by atoms with van der Waals surface area (Å²) < 4.78 is 5.37. The van der Waals surface area contributed by atoms with Crippen molar-refractivity contribution >= 4 is 0 Å². The zero-order valence-electron chi connectivity index (χ0n) is 11.0. The van der Waals surface area contributed by atoms with Crippen molar-refractivity contribution in [2.24, 2.45) is 0 Å². The van der Waals surface area contributed by atoms with Crippen LogP contribution in [0.25, 0.3) is 0 Å². The molecule has 96 valence electrons. The van der Waals surface area contributed by atoms with Gasteiger partial charge in [0.1, 0.15) is 0 Å². The summed E-state index contributed by atoms with van der Waals surface area (Å²) in [5.41, 5.74) is 1.16. The highest BCUT2D eigenvalue weighted by atomic mass is 16.5. The molecule has 0 aromatic carbocycles. The summed E-state index contributed by atoms with van der Waals surface area (Å²) in [6.45, 7) is 6.86. The van der Waals surface area contributed by atoms with Crippen LogP contribution in [0.15, 0.2) is 24.4 Å². The van der Waals surface area contributed by atoms with Gasteiger partial charge in [-0.1, -0.05) is 13.0 Å². The van der Waals surface area contributed by atoms with Gasteiger partial charge in [-0.3, -0.25) is 4.98 Å². The largest absolute Gasteiger partial charge is 0.382 e. The lowest BCUT2D eigenvalue weighted by molar-refractivity contribution is 0.140. The van der Waals surface area contributed by atoms with Crippen LogP contribution in [0.4, 0.5) is 0 Å². The van der Waals surface area contributed by atoms with Crippen molar-refractivity contribution in [3.05, 3.63) is 30.1 Å². The summed E-state index contributed by atoms with van der Waals surface area (Å²) in [6, 6.07) is 6.61. The van der Waals surface area contributed by atoms with Gasteiger partial charge < -0.3 is 10.1 Å². The third-order valence-corrected chi connectivity index (χ3v) is 2.72. The molecule has 0 radical (unpaired) electrons. The topological polar surface area (TPSA) is 34.1 Å². The van der Waals surface area contributed by atoms with Crippen molar-refractivity contribution < 1.29 is 4.74 Å². The minimum atomic E-state index is 0.510. The molecule has 0 spiro atoms. The lowest BCUT2D eigenvalue weighted by Crippen LogP contribution is -2.31. The Morgan fingerprint density at radius 3 is 2.88 bits per heavy atom. The Hall–Kier alpha value is -0.930. The molecule has 1 N–H and O–H groups in total. The molecule has 1 heterocycles. The van der Waals surface area contributed by atoms with Crippen molar-refractivity contribution in [1.29, 1.82) is 0 Å². The van der Waals surface area contributed by atoms with Gasteiger partial charge in [-0.15, -0.1) is 0 Å². The first-order valence-electron chi connectivity index (χ1n) is 6.57. The molecule has 0 aliphatic carbocycles. The molecule has 1 aromatic heterocycles. The van der Waals surface area contributed by atoms with Crippen LogP contribution in [0.2, 0.25) is 0 Å². The van der Waals surface area contributed by atoms with Gasteiger partial charge in [0.15, 0.2) is 0 Å². The van der Waals surface area contributed by atoms with E-state index in [2.05, 4.69) is 23.3 Å². The lowest BCUT2D eigenvalue weighted by atomic mass is 10.1. The molecule has 0 bridgehead atoms. The third-order valence-electron chi connectivity index (χ3n) is 2.72. The maximum absolute atomic E-state index is 5.37. The van der Waals surface area contributed by atoms with Crippen molar-refractivity contribution in [2.75, 3.05) is 19.8 Å². The van der Waals surface area contributed by atoms with Gasteiger partial charge in [-0.2, -0.15) is 0 Å². The predicted molar refractivity (Wildman–Crippen MR) is 71.1 cm³/mol. The molecule has 3 nitrogen and oxygen atoms in total. The minimum absolute atomic E-state index is 0.510. The smallest absolute Gasteiger partial charge is 0.0466 e. The Morgan fingerprint density at radius 2 is 2.24 bits per heavy atom. The van der Waals surface area contributed by atoms with Gasteiger partial charge in [0.25, 0.3) is 0 Å².